The first-order valence-electron chi connectivity index (χ1n) is 7.35. The zero-order chi connectivity index (χ0) is 14.4. The maximum absolute atomic E-state index is 12.2. The average Bonchev–Trinajstić information content (AvgIpc) is 2.46. The van der Waals surface area contributed by atoms with Crippen LogP contribution >= 0.6 is 12.4 Å². The first-order chi connectivity index (χ1) is 9.63. The summed E-state index contributed by atoms with van der Waals surface area (Å²) in [6.07, 6.45) is 2.21. The van der Waals surface area contributed by atoms with Crippen molar-refractivity contribution >= 4 is 18.3 Å². The molecule has 1 heterocycles. The van der Waals surface area contributed by atoms with Crippen molar-refractivity contribution in [3.8, 4) is 5.75 Å². The number of benzene rings is 1. The summed E-state index contributed by atoms with van der Waals surface area (Å²) in [5.74, 6) is 0.722. The minimum atomic E-state index is -0.0219. The van der Waals surface area contributed by atoms with Crippen molar-refractivity contribution in [3.63, 3.8) is 0 Å². The molecule has 1 saturated heterocycles. The Bertz CT molecular complexity index is 459. The fourth-order valence-electron chi connectivity index (χ4n) is 2.50. The third-order valence-corrected chi connectivity index (χ3v) is 3.89. The largest absolute Gasteiger partial charge is 0.494 e. The molecule has 0 aliphatic carbocycles. The molecule has 0 unspecified atom stereocenters. The van der Waals surface area contributed by atoms with E-state index < -0.39 is 0 Å². The van der Waals surface area contributed by atoms with Crippen LogP contribution in [0.4, 0.5) is 0 Å². The molecule has 0 bridgehead atoms. The van der Waals surface area contributed by atoms with E-state index in [4.69, 9.17) is 4.74 Å². The highest BCUT2D eigenvalue weighted by molar-refractivity contribution is 5.94. The number of carbonyl (C=O) groups excluding carboxylic acids is 1. The van der Waals surface area contributed by atoms with Gasteiger partial charge >= 0.3 is 0 Å². The van der Waals surface area contributed by atoms with E-state index in [1.807, 2.05) is 25.1 Å². The average molecular weight is 313 g/mol. The Morgan fingerprint density at radius 3 is 2.76 bits per heavy atom. The molecule has 1 fully saturated rings. The number of carbonyl (C=O) groups is 1. The second-order valence-electron chi connectivity index (χ2n) is 5.70. The van der Waals surface area contributed by atoms with Crippen molar-refractivity contribution in [2.75, 3.05) is 26.2 Å². The molecule has 1 aliphatic rings. The van der Waals surface area contributed by atoms with Crippen LogP contribution in [0.1, 0.15) is 37.0 Å². The molecular formula is C16H25ClN2O2. The van der Waals surface area contributed by atoms with Gasteiger partial charge in [0.1, 0.15) is 5.75 Å². The number of rotatable bonds is 5. The van der Waals surface area contributed by atoms with E-state index in [1.165, 1.54) is 0 Å². The normalized spacial score (nSPS) is 16.7. The molecule has 4 nitrogen and oxygen atoms in total. The van der Waals surface area contributed by atoms with Crippen LogP contribution in [-0.4, -0.2) is 32.1 Å². The maximum Gasteiger partial charge on any atom is 0.251 e. The van der Waals surface area contributed by atoms with Crippen molar-refractivity contribution < 1.29 is 9.53 Å². The molecule has 5 heteroatoms. The highest BCUT2D eigenvalue weighted by Gasteiger charge is 2.27. The van der Waals surface area contributed by atoms with Gasteiger partial charge in [-0.2, -0.15) is 0 Å². The molecule has 2 N–H and O–H groups in total. The summed E-state index contributed by atoms with van der Waals surface area (Å²) in [4.78, 5) is 12.2. The molecule has 1 amide bonds. The molecule has 0 spiro atoms. The molecule has 0 saturated carbocycles. The molecule has 0 atom stereocenters. The minimum absolute atomic E-state index is 0. The summed E-state index contributed by atoms with van der Waals surface area (Å²) in [7, 11) is 0. The Kier molecular flexibility index (Phi) is 6.99. The van der Waals surface area contributed by atoms with Gasteiger partial charge in [0, 0.05) is 12.1 Å². The van der Waals surface area contributed by atoms with Crippen molar-refractivity contribution in [3.05, 3.63) is 29.8 Å². The molecule has 1 aliphatic heterocycles. The molecule has 0 radical (unpaired) electrons. The summed E-state index contributed by atoms with van der Waals surface area (Å²) in [5.41, 5.74) is 0.867. The summed E-state index contributed by atoms with van der Waals surface area (Å²) < 4.78 is 5.42. The fourth-order valence-corrected chi connectivity index (χ4v) is 2.50. The SMILES string of the molecule is CCOc1cccc(C(=O)NCC2(C)CCNCC2)c1.Cl. The number of piperidine rings is 1. The van der Waals surface area contributed by atoms with Gasteiger partial charge in [0.2, 0.25) is 0 Å². The zero-order valence-electron chi connectivity index (χ0n) is 12.8. The van der Waals surface area contributed by atoms with Crippen LogP contribution in [0, 0.1) is 5.41 Å². The predicted molar refractivity (Wildman–Crippen MR) is 87.4 cm³/mol. The van der Waals surface area contributed by atoms with Crippen LogP contribution in [-0.2, 0) is 0 Å². The fraction of sp³-hybridized carbons (Fsp3) is 0.562. The summed E-state index contributed by atoms with van der Waals surface area (Å²) >= 11 is 0. The van der Waals surface area contributed by atoms with Gasteiger partial charge in [-0.05, 0) is 56.5 Å². The molecule has 1 aromatic carbocycles. The molecule has 2 rings (SSSR count). The van der Waals surface area contributed by atoms with Crippen LogP contribution in [0.3, 0.4) is 0 Å². The smallest absolute Gasteiger partial charge is 0.251 e. The molecule has 0 aromatic heterocycles. The number of hydrogen-bond acceptors (Lipinski definition) is 3. The Morgan fingerprint density at radius 1 is 1.38 bits per heavy atom. The van der Waals surface area contributed by atoms with E-state index in [-0.39, 0.29) is 23.7 Å². The molecule has 21 heavy (non-hydrogen) atoms. The molecule has 118 valence electrons. The third kappa shape index (κ3) is 5.21. The second-order valence-corrected chi connectivity index (χ2v) is 5.70. The number of ether oxygens (including phenoxy) is 1. The highest BCUT2D eigenvalue weighted by Crippen LogP contribution is 2.26. The van der Waals surface area contributed by atoms with Crippen molar-refractivity contribution in [1.82, 2.24) is 10.6 Å². The van der Waals surface area contributed by atoms with E-state index >= 15 is 0 Å². The Labute approximate surface area is 133 Å². The number of halogens is 1. The van der Waals surface area contributed by atoms with E-state index in [9.17, 15) is 4.79 Å². The van der Waals surface area contributed by atoms with Gasteiger partial charge in [0.05, 0.1) is 6.61 Å². The lowest BCUT2D eigenvalue weighted by atomic mass is 9.81. The van der Waals surface area contributed by atoms with E-state index in [1.54, 1.807) is 6.07 Å². The second kappa shape index (κ2) is 8.25. The first kappa shape index (κ1) is 17.8. The van der Waals surface area contributed by atoms with Gasteiger partial charge in [-0.1, -0.05) is 13.0 Å². The van der Waals surface area contributed by atoms with E-state index in [0.29, 0.717) is 12.2 Å². The van der Waals surface area contributed by atoms with E-state index in [0.717, 1.165) is 38.2 Å². The Balaban J connectivity index is 0.00000220. The number of amides is 1. The van der Waals surface area contributed by atoms with Gasteiger partial charge in [-0.25, -0.2) is 0 Å². The van der Waals surface area contributed by atoms with Crippen LogP contribution < -0.4 is 15.4 Å². The van der Waals surface area contributed by atoms with Crippen molar-refractivity contribution in [2.45, 2.75) is 26.7 Å². The molecule has 1 aromatic rings. The number of hydrogen-bond donors (Lipinski definition) is 2. The lowest BCUT2D eigenvalue weighted by Crippen LogP contribution is -2.42. The molecular weight excluding hydrogens is 288 g/mol. The zero-order valence-corrected chi connectivity index (χ0v) is 13.6. The van der Waals surface area contributed by atoms with Crippen molar-refractivity contribution in [2.24, 2.45) is 5.41 Å². The van der Waals surface area contributed by atoms with Crippen LogP contribution in [0.25, 0.3) is 0 Å². The predicted octanol–water partition coefficient (Wildman–Crippen LogP) is 2.63. The van der Waals surface area contributed by atoms with Gasteiger partial charge in [-0.3, -0.25) is 4.79 Å². The van der Waals surface area contributed by atoms with Gasteiger partial charge < -0.3 is 15.4 Å². The van der Waals surface area contributed by atoms with E-state index in [2.05, 4.69) is 17.6 Å². The summed E-state index contributed by atoms with van der Waals surface area (Å²) in [6, 6.07) is 7.34. The van der Waals surface area contributed by atoms with Gasteiger partial charge in [0.25, 0.3) is 5.91 Å². The Morgan fingerprint density at radius 2 is 2.10 bits per heavy atom. The topological polar surface area (TPSA) is 50.4 Å². The first-order valence-corrected chi connectivity index (χ1v) is 7.35. The standard InChI is InChI=1S/C16H24N2O2.ClH/c1-3-20-14-6-4-5-13(11-14)15(19)18-12-16(2)7-9-17-10-8-16;/h4-6,11,17H,3,7-10,12H2,1-2H3,(H,18,19);1H. The lowest BCUT2D eigenvalue weighted by Gasteiger charge is -2.34. The third-order valence-electron chi connectivity index (χ3n) is 3.89. The van der Waals surface area contributed by atoms with Crippen LogP contribution in [0.5, 0.6) is 5.75 Å². The van der Waals surface area contributed by atoms with Crippen LogP contribution in [0.2, 0.25) is 0 Å². The lowest BCUT2D eigenvalue weighted by molar-refractivity contribution is 0.0922. The summed E-state index contributed by atoms with van der Waals surface area (Å²) in [6.45, 7) is 7.58. The van der Waals surface area contributed by atoms with Crippen LogP contribution in [0.15, 0.2) is 24.3 Å². The highest BCUT2D eigenvalue weighted by atomic mass is 35.5. The van der Waals surface area contributed by atoms with Gasteiger partial charge in [-0.15, -0.1) is 12.4 Å². The maximum atomic E-state index is 12.2. The number of nitrogens with one attached hydrogen (secondary N) is 2. The Hall–Kier alpha value is -1.26. The summed E-state index contributed by atoms with van der Waals surface area (Å²) in [5, 5.41) is 6.41. The monoisotopic (exact) mass is 312 g/mol. The minimum Gasteiger partial charge on any atom is -0.494 e. The quantitative estimate of drug-likeness (QED) is 0.879. The van der Waals surface area contributed by atoms with Crippen molar-refractivity contribution in [1.29, 1.82) is 0 Å². The van der Waals surface area contributed by atoms with Gasteiger partial charge in [0.15, 0.2) is 0 Å².